The molecule has 1 amide bonds. The van der Waals surface area contributed by atoms with Gasteiger partial charge in [-0.1, -0.05) is 41.4 Å². The minimum absolute atomic E-state index is 0.00970. The number of anilines is 1. The number of carbonyl (C=O) groups is 1. The highest BCUT2D eigenvalue weighted by atomic mass is 35.5. The molecule has 1 aliphatic heterocycles. The van der Waals surface area contributed by atoms with Crippen molar-refractivity contribution in [1.82, 2.24) is 24.6 Å². The van der Waals surface area contributed by atoms with Crippen LogP contribution in [0.2, 0.25) is 5.02 Å². The molecule has 0 unspecified atom stereocenters. The third kappa shape index (κ3) is 5.14. The fraction of sp³-hybridized carbons (Fsp3) is 0.226. The van der Waals surface area contributed by atoms with E-state index in [9.17, 15) is 9.18 Å². The van der Waals surface area contributed by atoms with Gasteiger partial charge in [0.25, 0.3) is 5.91 Å². The van der Waals surface area contributed by atoms with Crippen LogP contribution in [0.3, 0.4) is 0 Å². The second kappa shape index (κ2) is 10.7. The van der Waals surface area contributed by atoms with Gasteiger partial charge in [0.15, 0.2) is 5.65 Å². The van der Waals surface area contributed by atoms with Crippen LogP contribution in [0.4, 0.5) is 10.2 Å². The van der Waals surface area contributed by atoms with E-state index in [1.165, 1.54) is 17.7 Å². The summed E-state index contributed by atoms with van der Waals surface area (Å²) < 4.78 is 15.4. The van der Waals surface area contributed by atoms with Crippen LogP contribution in [0.1, 0.15) is 33.0 Å². The fourth-order valence-corrected chi connectivity index (χ4v) is 5.19. The Balaban J connectivity index is 1.36. The molecule has 202 valence electrons. The Hall–Kier alpha value is -4.30. The van der Waals surface area contributed by atoms with E-state index in [0.29, 0.717) is 54.7 Å². The first-order valence-corrected chi connectivity index (χ1v) is 13.6. The third-order valence-electron chi connectivity index (χ3n) is 7.24. The summed E-state index contributed by atoms with van der Waals surface area (Å²) in [5, 5.41) is 6.24. The van der Waals surface area contributed by atoms with Gasteiger partial charge in [-0.15, -0.1) is 0 Å². The fourth-order valence-electron chi connectivity index (χ4n) is 5.06. The first-order chi connectivity index (χ1) is 19.4. The summed E-state index contributed by atoms with van der Waals surface area (Å²) >= 11 is 6.00. The predicted octanol–water partition coefficient (Wildman–Crippen LogP) is 5.78. The average Bonchev–Trinajstić information content (AvgIpc) is 3.30. The highest BCUT2D eigenvalue weighted by Crippen LogP contribution is 2.30. The molecule has 0 N–H and O–H groups in total. The molecule has 3 aromatic carbocycles. The van der Waals surface area contributed by atoms with Crippen LogP contribution in [0.5, 0.6) is 0 Å². The molecule has 40 heavy (non-hydrogen) atoms. The van der Waals surface area contributed by atoms with Gasteiger partial charge < -0.3 is 9.80 Å². The molecule has 5 aromatic rings. The van der Waals surface area contributed by atoms with Crippen molar-refractivity contribution >= 4 is 34.4 Å². The molecule has 0 radical (unpaired) electrons. The molecule has 0 spiro atoms. The summed E-state index contributed by atoms with van der Waals surface area (Å²) in [7, 11) is 0. The highest BCUT2D eigenvalue weighted by Gasteiger charge is 2.27. The zero-order valence-corrected chi connectivity index (χ0v) is 23.1. The molecule has 2 aromatic heterocycles. The van der Waals surface area contributed by atoms with Gasteiger partial charge in [-0.25, -0.2) is 19.0 Å². The number of hydrogen-bond donors (Lipinski definition) is 0. The Kier molecular flexibility index (Phi) is 6.94. The first kappa shape index (κ1) is 26.0. The Morgan fingerprint density at radius 1 is 0.875 bits per heavy atom. The highest BCUT2D eigenvalue weighted by molar-refractivity contribution is 6.30. The van der Waals surface area contributed by atoms with E-state index in [4.69, 9.17) is 26.7 Å². The molecule has 9 heteroatoms. The molecular weight excluding hydrogens is 527 g/mol. The molecule has 0 saturated carbocycles. The van der Waals surface area contributed by atoms with Crippen molar-refractivity contribution in [3.63, 3.8) is 0 Å². The Morgan fingerprint density at radius 3 is 2.23 bits per heavy atom. The molecule has 1 aliphatic rings. The molecule has 0 aliphatic carbocycles. The van der Waals surface area contributed by atoms with Crippen molar-refractivity contribution in [3.8, 4) is 5.69 Å². The monoisotopic (exact) mass is 554 g/mol. The predicted molar refractivity (Wildman–Crippen MR) is 155 cm³/mol. The van der Waals surface area contributed by atoms with E-state index < -0.39 is 0 Å². The zero-order chi connectivity index (χ0) is 27.8. The van der Waals surface area contributed by atoms with Gasteiger partial charge in [-0.3, -0.25) is 4.79 Å². The number of halogens is 2. The molecule has 1 fully saturated rings. The third-order valence-corrected chi connectivity index (χ3v) is 7.49. The van der Waals surface area contributed by atoms with E-state index in [0.717, 1.165) is 28.1 Å². The van der Waals surface area contributed by atoms with E-state index in [-0.39, 0.29) is 11.7 Å². The van der Waals surface area contributed by atoms with Crippen LogP contribution >= 0.6 is 11.6 Å². The lowest BCUT2D eigenvalue weighted by atomic mass is 10.1. The number of fused-ring (bicyclic) bond motifs is 1. The van der Waals surface area contributed by atoms with Crippen LogP contribution < -0.4 is 4.90 Å². The summed E-state index contributed by atoms with van der Waals surface area (Å²) in [6.07, 6.45) is 0.561. The second-order valence-corrected chi connectivity index (χ2v) is 10.5. The molecule has 7 nitrogen and oxygen atoms in total. The number of aryl methyl sites for hydroxylation is 2. The van der Waals surface area contributed by atoms with E-state index in [1.54, 1.807) is 41.1 Å². The number of hydrogen-bond acceptors (Lipinski definition) is 5. The second-order valence-electron chi connectivity index (χ2n) is 10.1. The number of rotatable bonds is 5. The minimum Gasteiger partial charge on any atom is -0.352 e. The van der Waals surface area contributed by atoms with Crippen molar-refractivity contribution in [2.75, 3.05) is 31.1 Å². The summed E-state index contributed by atoms with van der Waals surface area (Å²) in [5.74, 6) is 1.16. The standard InChI is InChI=1S/C31H28ClFN6O/c1-20-3-5-22(6-4-20)19-27-34-29(28-21(2)36-39(30(28)35-27)26-13-11-25(33)12-14-26)37-15-17-38(18-16-37)31(40)23-7-9-24(32)10-8-23/h3-14H,15-19H2,1-2H3. The van der Waals surface area contributed by atoms with Crippen LogP contribution in [0.25, 0.3) is 16.7 Å². The lowest BCUT2D eigenvalue weighted by molar-refractivity contribution is 0.0746. The van der Waals surface area contributed by atoms with Gasteiger partial charge in [-0.2, -0.15) is 5.10 Å². The normalized spacial score (nSPS) is 13.7. The zero-order valence-electron chi connectivity index (χ0n) is 22.3. The van der Waals surface area contributed by atoms with Gasteiger partial charge in [0.1, 0.15) is 17.5 Å². The quantitative estimate of drug-likeness (QED) is 0.276. The average molecular weight is 555 g/mol. The van der Waals surface area contributed by atoms with E-state index in [2.05, 4.69) is 36.1 Å². The lowest BCUT2D eigenvalue weighted by Crippen LogP contribution is -2.49. The van der Waals surface area contributed by atoms with Gasteiger partial charge in [0.2, 0.25) is 0 Å². The molecule has 1 saturated heterocycles. The van der Waals surface area contributed by atoms with Gasteiger partial charge >= 0.3 is 0 Å². The smallest absolute Gasteiger partial charge is 0.253 e. The summed E-state index contributed by atoms with van der Waals surface area (Å²) in [4.78, 5) is 27.1. The topological polar surface area (TPSA) is 67.2 Å². The number of piperazine rings is 1. The summed E-state index contributed by atoms with van der Waals surface area (Å²) in [5.41, 5.74) is 5.12. The number of amides is 1. The van der Waals surface area contributed by atoms with Crippen molar-refractivity contribution < 1.29 is 9.18 Å². The van der Waals surface area contributed by atoms with Crippen LogP contribution in [-0.4, -0.2) is 56.7 Å². The number of nitrogens with zero attached hydrogens (tertiary/aromatic N) is 6. The largest absolute Gasteiger partial charge is 0.352 e. The van der Waals surface area contributed by atoms with Gasteiger partial charge in [0, 0.05) is 43.2 Å². The maximum atomic E-state index is 13.7. The van der Waals surface area contributed by atoms with Crippen LogP contribution in [-0.2, 0) is 6.42 Å². The van der Waals surface area contributed by atoms with E-state index in [1.807, 2.05) is 11.8 Å². The Morgan fingerprint density at radius 2 is 1.55 bits per heavy atom. The van der Waals surface area contributed by atoms with Gasteiger partial charge in [-0.05, 0) is 67.9 Å². The molecular formula is C31H28ClFN6O. The van der Waals surface area contributed by atoms with Crippen molar-refractivity contribution in [2.45, 2.75) is 20.3 Å². The lowest BCUT2D eigenvalue weighted by Gasteiger charge is -2.35. The maximum Gasteiger partial charge on any atom is 0.253 e. The van der Waals surface area contributed by atoms with Crippen molar-refractivity contribution in [1.29, 1.82) is 0 Å². The Bertz CT molecular complexity index is 1680. The SMILES string of the molecule is Cc1ccc(Cc2nc(N3CCN(C(=O)c4ccc(Cl)cc4)CC3)c3c(C)nn(-c4ccc(F)cc4)c3n2)cc1. The number of carbonyl (C=O) groups excluding carboxylic acids is 1. The van der Waals surface area contributed by atoms with Gasteiger partial charge in [0.05, 0.1) is 16.8 Å². The van der Waals surface area contributed by atoms with Crippen molar-refractivity contribution in [3.05, 3.63) is 112 Å². The van der Waals surface area contributed by atoms with Crippen molar-refractivity contribution in [2.24, 2.45) is 0 Å². The van der Waals surface area contributed by atoms with Crippen LogP contribution in [0.15, 0.2) is 72.8 Å². The molecule has 0 atom stereocenters. The summed E-state index contributed by atoms with van der Waals surface area (Å²) in [6, 6.07) is 21.6. The minimum atomic E-state index is -0.307. The maximum absolute atomic E-state index is 13.7. The Labute approximate surface area is 236 Å². The summed E-state index contributed by atoms with van der Waals surface area (Å²) in [6.45, 7) is 6.37. The number of aromatic nitrogens is 4. The molecule has 6 rings (SSSR count). The van der Waals surface area contributed by atoms with Crippen LogP contribution in [0, 0.1) is 19.7 Å². The first-order valence-electron chi connectivity index (χ1n) is 13.2. The van der Waals surface area contributed by atoms with E-state index >= 15 is 0 Å². The number of benzene rings is 3. The molecule has 3 heterocycles. The molecule has 0 bridgehead atoms.